The minimum absolute atomic E-state index is 0. The Morgan fingerprint density at radius 2 is 1.94 bits per heavy atom. The van der Waals surface area contributed by atoms with E-state index in [-0.39, 0.29) is 41.9 Å². The SMILES string of the molecule is CCNC(=NCC1(C(=O)N(C)C)CCCC1)NC(C)c1nc(C)c(C(=O)OCC)s1.I. The second-order valence-corrected chi connectivity index (χ2v) is 8.97. The number of ether oxygens (including phenoxy) is 1. The van der Waals surface area contributed by atoms with Crippen molar-refractivity contribution in [3.8, 4) is 0 Å². The molecule has 1 unspecified atom stereocenters. The van der Waals surface area contributed by atoms with Gasteiger partial charge in [0.2, 0.25) is 5.91 Å². The molecular formula is C21H36IN5O3S. The number of nitrogens with one attached hydrogen (secondary N) is 2. The van der Waals surface area contributed by atoms with E-state index in [1.54, 1.807) is 11.8 Å². The number of guanidine groups is 1. The lowest BCUT2D eigenvalue weighted by Gasteiger charge is -2.29. The normalized spacial score (nSPS) is 16.3. The first-order chi connectivity index (χ1) is 14.2. The Kier molecular flexibility index (Phi) is 11.2. The zero-order chi connectivity index (χ0) is 22.3. The summed E-state index contributed by atoms with van der Waals surface area (Å²) in [7, 11) is 3.62. The third kappa shape index (κ3) is 7.03. The predicted octanol–water partition coefficient (Wildman–Crippen LogP) is 3.51. The molecule has 1 aromatic heterocycles. The summed E-state index contributed by atoms with van der Waals surface area (Å²) in [6.45, 7) is 9.09. The zero-order valence-corrected chi connectivity index (χ0v) is 22.6. The Labute approximate surface area is 206 Å². The molecule has 0 aliphatic heterocycles. The van der Waals surface area contributed by atoms with Crippen molar-refractivity contribution in [1.29, 1.82) is 0 Å². The standard InChI is InChI=1S/C21H35N5O3S.HI/c1-7-22-20(23-13-21(11-9-10-12-21)19(28)26(5)6)25-15(4)17-24-14(3)16(30-17)18(27)29-8-2;/h15H,7-13H2,1-6H3,(H2,22,23,25);1H. The molecule has 10 heteroatoms. The van der Waals surface area contributed by atoms with E-state index in [1.807, 2.05) is 34.9 Å². The first-order valence-electron chi connectivity index (χ1n) is 10.6. The number of carbonyl (C=O) groups is 2. The molecule has 2 N–H and O–H groups in total. The zero-order valence-electron chi connectivity index (χ0n) is 19.4. The number of hydrogen-bond acceptors (Lipinski definition) is 6. The molecule has 0 radical (unpaired) electrons. The number of nitrogens with zero attached hydrogens (tertiary/aromatic N) is 3. The smallest absolute Gasteiger partial charge is 0.350 e. The van der Waals surface area contributed by atoms with Crippen LogP contribution in [0.3, 0.4) is 0 Å². The molecular weight excluding hydrogens is 529 g/mol. The highest BCUT2D eigenvalue weighted by molar-refractivity contribution is 14.0. The number of aliphatic imine (C=N–C) groups is 1. The molecule has 2 rings (SSSR count). The van der Waals surface area contributed by atoms with Crippen LogP contribution in [0.15, 0.2) is 4.99 Å². The lowest BCUT2D eigenvalue weighted by Crippen LogP contribution is -2.43. The largest absolute Gasteiger partial charge is 0.462 e. The predicted molar refractivity (Wildman–Crippen MR) is 135 cm³/mol. The molecule has 1 atom stereocenters. The fourth-order valence-electron chi connectivity index (χ4n) is 3.77. The fraction of sp³-hybridized carbons (Fsp3) is 0.714. The van der Waals surface area contributed by atoms with E-state index >= 15 is 0 Å². The number of halogens is 1. The van der Waals surface area contributed by atoms with Gasteiger partial charge in [-0.1, -0.05) is 12.8 Å². The van der Waals surface area contributed by atoms with E-state index < -0.39 is 5.41 Å². The van der Waals surface area contributed by atoms with E-state index in [0.717, 1.165) is 30.7 Å². The van der Waals surface area contributed by atoms with Gasteiger partial charge in [0.25, 0.3) is 0 Å². The Morgan fingerprint density at radius 1 is 1.29 bits per heavy atom. The van der Waals surface area contributed by atoms with Gasteiger partial charge in [-0.05, 0) is 40.5 Å². The van der Waals surface area contributed by atoms with Crippen molar-refractivity contribution in [2.24, 2.45) is 10.4 Å². The van der Waals surface area contributed by atoms with Gasteiger partial charge in [-0.15, -0.1) is 35.3 Å². The van der Waals surface area contributed by atoms with Gasteiger partial charge in [0.1, 0.15) is 9.88 Å². The Hall–Kier alpha value is -1.43. The average Bonchev–Trinajstić information content (AvgIpc) is 3.33. The molecule has 176 valence electrons. The van der Waals surface area contributed by atoms with Crippen LogP contribution in [0.2, 0.25) is 0 Å². The van der Waals surface area contributed by atoms with E-state index in [9.17, 15) is 9.59 Å². The Balaban J connectivity index is 0.00000480. The van der Waals surface area contributed by atoms with Crippen molar-refractivity contribution in [2.45, 2.75) is 59.4 Å². The number of rotatable bonds is 8. The monoisotopic (exact) mass is 565 g/mol. The topological polar surface area (TPSA) is 95.9 Å². The first-order valence-corrected chi connectivity index (χ1v) is 11.5. The van der Waals surface area contributed by atoms with Crippen LogP contribution < -0.4 is 10.6 Å². The summed E-state index contributed by atoms with van der Waals surface area (Å²) >= 11 is 1.34. The van der Waals surface area contributed by atoms with Crippen molar-refractivity contribution in [3.63, 3.8) is 0 Å². The summed E-state index contributed by atoms with van der Waals surface area (Å²) in [5, 5.41) is 7.41. The van der Waals surface area contributed by atoms with Gasteiger partial charge in [-0.3, -0.25) is 9.79 Å². The van der Waals surface area contributed by atoms with E-state index in [1.165, 1.54) is 11.3 Å². The third-order valence-electron chi connectivity index (χ3n) is 5.30. The van der Waals surface area contributed by atoms with Crippen LogP contribution in [0.25, 0.3) is 0 Å². The minimum Gasteiger partial charge on any atom is -0.462 e. The minimum atomic E-state index is -0.413. The molecule has 1 aliphatic carbocycles. The first kappa shape index (κ1) is 27.6. The summed E-state index contributed by atoms with van der Waals surface area (Å²) in [6.07, 6.45) is 3.86. The van der Waals surface area contributed by atoms with E-state index in [2.05, 4.69) is 15.6 Å². The highest BCUT2D eigenvalue weighted by Crippen LogP contribution is 2.39. The van der Waals surface area contributed by atoms with Gasteiger partial charge in [-0.25, -0.2) is 9.78 Å². The molecule has 1 aromatic rings. The molecule has 0 spiro atoms. The third-order valence-corrected chi connectivity index (χ3v) is 6.62. The summed E-state index contributed by atoms with van der Waals surface area (Å²) in [5.74, 6) is 0.465. The number of carbonyl (C=O) groups excluding carboxylic acids is 2. The highest BCUT2D eigenvalue weighted by atomic mass is 127. The van der Waals surface area contributed by atoms with Gasteiger partial charge in [0, 0.05) is 20.6 Å². The van der Waals surface area contributed by atoms with Crippen molar-refractivity contribution in [1.82, 2.24) is 20.5 Å². The van der Waals surface area contributed by atoms with Crippen molar-refractivity contribution >= 4 is 53.1 Å². The van der Waals surface area contributed by atoms with Crippen molar-refractivity contribution in [3.05, 3.63) is 15.6 Å². The average molecular weight is 566 g/mol. The van der Waals surface area contributed by atoms with Crippen LogP contribution in [-0.2, 0) is 9.53 Å². The van der Waals surface area contributed by atoms with Crippen LogP contribution in [-0.4, -0.2) is 61.5 Å². The summed E-state index contributed by atoms with van der Waals surface area (Å²) in [5.41, 5.74) is 0.259. The fourth-order valence-corrected chi connectivity index (χ4v) is 4.73. The van der Waals surface area contributed by atoms with Gasteiger partial charge < -0.3 is 20.3 Å². The molecule has 1 fully saturated rings. The molecule has 31 heavy (non-hydrogen) atoms. The second kappa shape index (κ2) is 12.6. The van der Waals surface area contributed by atoms with Crippen molar-refractivity contribution in [2.75, 3.05) is 33.8 Å². The molecule has 0 saturated heterocycles. The van der Waals surface area contributed by atoms with Crippen LogP contribution >= 0.6 is 35.3 Å². The van der Waals surface area contributed by atoms with E-state index in [0.29, 0.717) is 36.2 Å². The number of esters is 1. The molecule has 1 aliphatic rings. The molecule has 1 saturated carbocycles. The number of aromatic nitrogens is 1. The lowest BCUT2D eigenvalue weighted by molar-refractivity contribution is -0.138. The lowest BCUT2D eigenvalue weighted by atomic mass is 9.85. The van der Waals surface area contributed by atoms with Gasteiger partial charge >= 0.3 is 5.97 Å². The maximum Gasteiger partial charge on any atom is 0.350 e. The number of hydrogen-bond donors (Lipinski definition) is 2. The number of thiazole rings is 1. The number of amides is 1. The Bertz CT molecular complexity index is 775. The molecule has 1 heterocycles. The maximum absolute atomic E-state index is 12.8. The number of aryl methyl sites for hydroxylation is 1. The summed E-state index contributed by atoms with van der Waals surface area (Å²) < 4.78 is 5.11. The van der Waals surface area contributed by atoms with Gasteiger partial charge in [-0.2, -0.15) is 0 Å². The van der Waals surface area contributed by atoms with Crippen LogP contribution in [0.5, 0.6) is 0 Å². The maximum atomic E-state index is 12.8. The van der Waals surface area contributed by atoms with Crippen LogP contribution in [0.4, 0.5) is 0 Å². The highest BCUT2D eigenvalue weighted by Gasteiger charge is 2.42. The molecule has 1 amide bonds. The molecule has 8 nitrogen and oxygen atoms in total. The van der Waals surface area contributed by atoms with Crippen LogP contribution in [0.1, 0.15) is 72.9 Å². The second-order valence-electron chi connectivity index (χ2n) is 7.94. The quantitative estimate of drug-likeness (QED) is 0.217. The van der Waals surface area contributed by atoms with Gasteiger partial charge in [0.05, 0.1) is 30.3 Å². The Morgan fingerprint density at radius 3 is 2.48 bits per heavy atom. The molecule has 0 aromatic carbocycles. The summed E-state index contributed by atoms with van der Waals surface area (Å²) in [6, 6.07) is -0.140. The molecule has 0 bridgehead atoms. The van der Waals surface area contributed by atoms with Gasteiger partial charge in [0.15, 0.2) is 5.96 Å². The summed E-state index contributed by atoms with van der Waals surface area (Å²) in [4.78, 5) is 36.4. The van der Waals surface area contributed by atoms with Crippen LogP contribution in [0, 0.1) is 12.3 Å². The van der Waals surface area contributed by atoms with Crippen molar-refractivity contribution < 1.29 is 14.3 Å². The van der Waals surface area contributed by atoms with E-state index in [4.69, 9.17) is 9.73 Å².